The third kappa shape index (κ3) is 6.49. The molecule has 0 fully saturated rings. The number of nitrogens with zero attached hydrogens (tertiary/aromatic N) is 1. The van der Waals surface area contributed by atoms with Crippen molar-refractivity contribution in [2.75, 3.05) is 13.1 Å². The first-order valence-corrected chi connectivity index (χ1v) is 7.38. The molecule has 0 aliphatic carbocycles. The van der Waals surface area contributed by atoms with Gasteiger partial charge in [-0.2, -0.15) is 0 Å². The summed E-state index contributed by atoms with van der Waals surface area (Å²) in [6, 6.07) is 1.93. The first-order chi connectivity index (χ1) is 9.51. The van der Waals surface area contributed by atoms with Crippen LogP contribution < -0.4 is 5.73 Å². The van der Waals surface area contributed by atoms with E-state index in [1.54, 1.807) is 17.4 Å². The number of aliphatic carboxylic acids is 1. The Bertz CT molecular complexity index is 483. The molecule has 6 heteroatoms. The Balaban J connectivity index is 2.63. The number of carbonyl (C=O) groups excluding carboxylic acids is 1. The molecule has 0 aromatic carbocycles. The number of carbonyl (C=O) groups is 2. The lowest BCUT2D eigenvalue weighted by Crippen LogP contribution is -2.33. The molecule has 1 rings (SSSR count). The molecule has 1 aromatic rings. The lowest BCUT2D eigenvalue weighted by molar-refractivity contribution is -0.131. The average molecular weight is 296 g/mol. The van der Waals surface area contributed by atoms with Gasteiger partial charge in [-0.15, -0.1) is 11.3 Å². The van der Waals surface area contributed by atoms with Crippen molar-refractivity contribution >= 4 is 29.3 Å². The molecule has 5 nitrogen and oxygen atoms in total. The van der Waals surface area contributed by atoms with Gasteiger partial charge in [0, 0.05) is 17.5 Å². The summed E-state index contributed by atoms with van der Waals surface area (Å²) in [6.45, 7) is 3.84. The molecule has 0 saturated heterocycles. The van der Waals surface area contributed by atoms with Crippen LogP contribution in [0.3, 0.4) is 0 Å². The van der Waals surface area contributed by atoms with Gasteiger partial charge in [0.2, 0.25) is 5.91 Å². The number of carboxylic acids is 1. The van der Waals surface area contributed by atoms with Gasteiger partial charge in [0.1, 0.15) is 0 Å². The van der Waals surface area contributed by atoms with E-state index in [1.807, 2.05) is 16.3 Å². The number of carboxylic acid groups (broad SMARTS) is 1. The molecule has 3 N–H and O–H groups in total. The van der Waals surface area contributed by atoms with Crippen LogP contribution in [-0.2, 0) is 16.1 Å². The van der Waals surface area contributed by atoms with Gasteiger partial charge < -0.3 is 10.8 Å². The van der Waals surface area contributed by atoms with E-state index in [1.165, 1.54) is 0 Å². The number of unbranched alkanes of at least 4 members (excludes halogenated alkanes) is 1. The van der Waals surface area contributed by atoms with Crippen molar-refractivity contribution in [3.63, 3.8) is 0 Å². The molecular weight excluding hydrogens is 276 g/mol. The van der Waals surface area contributed by atoms with E-state index >= 15 is 0 Å². The number of hydrogen-bond donors (Lipinski definition) is 2. The minimum absolute atomic E-state index is 0.248. The highest BCUT2D eigenvalue weighted by Gasteiger charge is 2.10. The smallest absolute Gasteiger partial charge is 0.328 e. The lowest BCUT2D eigenvalue weighted by Gasteiger charge is -2.19. The number of nitrogens with two attached hydrogens (primary N) is 1. The number of primary amides is 1. The molecule has 1 heterocycles. The molecular formula is C14H20N2O3S. The molecule has 1 amide bonds. The molecule has 0 atom stereocenters. The van der Waals surface area contributed by atoms with Gasteiger partial charge in [-0.05, 0) is 36.1 Å². The van der Waals surface area contributed by atoms with Crippen LogP contribution in [0.25, 0.3) is 6.08 Å². The second-order valence-corrected chi connectivity index (χ2v) is 5.54. The van der Waals surface area contributed by atoms with Crippen LogP contribution >= 0.6 is 11.3 Å². The zero-order valence-electron chi connectivity index (χ0n) is 11.5. The number of thiophene rings is 1. The summed E-state index contributed by atoms with van der Waals surface area (Å²) in [5.41, 5.74) is 6.11. The van der Waals surface area contributed by atoms with Gasteiger partial charge >= 0.3 is 5.97 Å². The molecule has 1 aromatic heterocycles. The molecule has 0 aliphatic heterocycles. The fourth-order valence-corrected chi connectivity index (χ4v) is 2.67. The molecule has 0 saturated carbocycles. The van der Waals surface area contributed by atoms with Crippen molar-refractivity contribution in [2.45, 2.75) is 26.3 Å². The van der Waals surface area contributed by atoms with E-state index in [0.717, 1.165) is 35.9 Å². The molecule has 20 heavy (non-hydrogen) atoms. The van der Waals surface area contributed by atoms with E-state index in [9.17, 15) is 9.59 Å². The van der Waals surface area contributed by atoms with Crippen molar-refractivity contribution in [3.05, 3.63) is 28.0 Å². The molecule has 0 radical (unpaired) electrons. The Hall–Kier alpha value is -1.66. The van der Waals surface area contributed by atoms with E-state index in [2.05, 4.69) is 6.92 Å². The average Bonchev–Trinajstić information content (AvgIpc) is 2.80. The summed E-state index contributed by atoms with van der Waals surface area (Å²) in [6.07, 6.45) is 4.76. The molecule has 0 unspecified atom stereocenters. The summed E-state index contributed by atoms with van der Waals surface area (Å²) in [5.74, 6) is -1.29. The lowest BCUT2D eigenvalue weighted by atomic mass is 10.2. The van der Waals surface area contributed by atoms with Crippen molar-refractivity contribution in [1.29, 1.82) is 0 Å². The van der Waals surface area contributed by atoms with Gasteiger partial charge in [0.05, 0.1) is 6.54 Å². The van der Waals surface area contributed by atoms with Crippen molar-refractivity contribution in [2.24, 2.45) is 5.73 Å². The largest absolute Gasteiger partial charge is 0.478 e. The number of amides is 1. The minimum Gasteiger partial charge on any atom is -0.478 e. The van der Waals surface area contributed by atoms with Crippen molar-refractivity contribution in [3.8, 4) is 0 Å². The summed E-state index contributed by atoms with van der Waals surface area (Å²) >= 11 is 1.55. The quantitative estimate of drug-likeness (QED) is 0.682. The fourth-order valence-electron chi connectivity index (χ4n) is 1.77. The Labute approximate surface area is 122 Å². The summed E-state index contributed by atoms with van der Waals surface area (Å²) in [7, 11) is 0. The zero-order valence-corrected chi connectivity index (χ0v) is 12.4. The normalized spacial score (nSPS) is 11.3. The van der Waals surface area contributed by atoms with Crippen LogP contribution in [0.15, 0.2) is 17.5 Å². The van der Waals surface area contributed by atoms with E-state index in [0.29, 0.717) is 6.54 Å². The third-order valence-corrected chi connectivity index (χ3v) is 3.62. The topological polar surface area (TPSA) is 83.6 Å². The highest BCUT2D eigenvalue weighted by Crippen LogP contribution is 2.18. The van der Waals surface area contributed by atoms with Gasteiger partial charge in [0.15, 0.2) is 0 Å². The molecule has 0 spiro atoms. The second kappa shape index (κ2) is 8.50. The predicted molar refractivity (Wildman–Crippen MR) is 80.4 cm³/mol. The fraction of sp³-hybridized carbons (Fsp3) is 0.429. The maximum atomic E-state index is 11.1. The van der Waals surface area contributed by atoms with Gasteiger partial charge in [0.25, 0.3) is 0 Å². The standard InChI is InChI=1S/C14H20N2O3S/c1-2-3-6-16(9-13(15)17)8-12-7-11(10-20-12)4-5-14(18)19/h4-5,7,10H,2-3,6,8-9H2,1H3,(H2,15,17)(H,18,19). The molecule has 0 aliphatic rings. The van der Waals surface area contributed by atoms with E-state index in [4.69, 9.17) is 10.8 Å². The first-order valence-electron chi connectivity index (χ1n) is 6.50. The third-order valence-electron chi connectivity index (χ3n) is 2.68. The molecule has 110 valence electrons. The highest BCUT2D eigenvalue weighted by molar-refractivity contribution is 7.10. The summed E-state index contributed by atoms with van der Waals surface area (Å²) in [5, 5.41) is 10.5. The van der Waals surface area contributed by atoms with Crippen LogP contribution in [0.5, 0.6) is 0 Å². The number of rotatable bonds is 9. The Kier molecular flexibility index (Phi) is 6.97. The van der Waals surface area contributed by atoms with Gasteiger partial charge in [-0.3, -0.25) is 9.69 Å². The van der Waals surface area contributed by atoms with E-state index < -0.39 is 5.97 Å². The van der Waals surface area contributed by atoms with Gasteiger partial charge in [-0.25, -0.2) is 4.79 Å². The van der Waals surface area contributed by atoms with Crippen LogP contribution in [0.4, 0.5) is 0 Å². The van der Waals surface area contributed by atoms with Crippen LogP contribution in [-0.4, -0.2) is 35.0 Å². The Morgan fingerprint density at radius 2 is 2.25 bits per heavy atom. The second-order valence-electron chi connectivity index (χ2n) is 4.55. The Morgan fingerprint density at radius 1 is 1.50 bits per heavy atom. The minimum atomic E-state index is -0.962. The van der Waals surface area contributed by atoms with Crippen molar-refractivity contribution < 1.29 is 14.7 Å². The summed E-state index contributed by atoms with van der Waals surface area (Å²) in [4.78, 5) is 24.6. The van der Waals surface area contributed by atoms with Gasteiger partial charge in [-0.1, -0.05) is 13.3 Å². The van der Waals surface area contributed by atoms with E-state index in [-0.39, 0.29) is 12.5 Å². The summed E-state index contributed by atoms with van der Waals surface area (Å²) < 4.78 is 0. The highest BCUT2D eigenvalue weighted by atomic mass is 32.1. The molecule has 0 bridgehead atoms. The van der Waals surface area contributed by atoms with Crippen LogP contribution in [0, 0.1) is 0 Å². The maximum Gasteiger partial charge on any atom is 0.328 e. The van der Waals surface area contributed by atoms with Crippen molar-refractivity contribution in [1.82, 2.24) is 4.90 Å². The first kappa shape index (κ1) is 16.4. The van der Waals surface area contributed by atoms with Crippen LogP contribution in [0.1, 0.15) is 30.2 Å². The monoisotopic (exact) mass is 296 g/mol. The zero-order chi connectivity index (χ0) is 15.0. The number of hydrogen-bond acceptors (Lipinski definition) is 4. The predicted octanol–water partition coefficient (Wildman–Crippen LogP) is 1.93. The Morgan fingerprint density at radius 3 is 2.85 bits per heavy atom. The van der Waals surface area contributed by atoms with Crippen LogP contribution in [0.2, 0.25) is 0 Å². The SMILES string of the molecule is CCCCN(CC(N)=O)Cc1cc(C=CC(=O)O)cs1. The maximum absolute atomic E-state index is 11.1.